The Bertz CT molecular complexity index is 575. The van der Waals surface area contributed by atoms with E-state index in [0.717, 1.165) is 0 Å². The number of pyridine rings is 1. The van der Waals surface area contributed by atoms with Gasteiger partial charge < -0.3 is 26.6 Å². The molecule has 1 aromatic heterocycles. The fraction of sp³-hybridized carbons (Fsp3) is 0.417. The predicted octanol–water partition coefficient (Wildman–Crippen LogP) is -1.02. The summed E-state index contributed by atoms with van der Waals surface area (Å²) in [6.07, 6.45) is 1.44. The third-order valence-corrected chi connectivity index (χ3v) is 3.74. The molecule has 2 aliphatic heterocycles. The molecule has 1 unspecified atom stereocenters. The average molecular weight is 276 g/mol. The van der Waals surface area contributed by atoms with Crippen molar-refractivity contribution in [3.05, 3.63) is 17.8 Å². The van der Waals surface area contributed by atoms with Gasteiger partial charge in [0.15, 0.2) is 0 Å². The van der Waals surface area contributed by atoms with E-state index in [1.165, 1.54) is 6.20 Å². The first-order chi connectivity index (χ1) is 9.56. The normalized spacial score (nSPS) is 21.6. The van der Waals surface area contributed by atoms with Crippen LogP contribution in [0.3, 0.4) is 0 Å². The molecule has 0 spiro atoms. The monoisotopic (exact) mass is 276 g/mol. The van der Waals surface area contributed by atoms with Gasteiger partial charge in [-0.05, 0) is 6.07 Å². The molecule has 5 N–H and O–H groups in total. The van der Waals surface area contributed by atoms with Crippen LogP contribution in [-0.2, 0) is 0 Å². The summed E-state index contributed by atoms with van der Waals surface area (Å²) in [5.74, 6) is 0.0921. The second-order valence-electron chi connectivity index (χ2n) is 4.97. The van der Waals surface area contributed by atoms with E-state index in [0.29, 0.717) is 32.0 Å². The molecular formula is C12H16N6O2. The zero-order chi connectivity index (χ0) is 14.3. The van der Waals surface area contributed by atoms with Crippen LogP contribution < -0.4 is 21.7 Å². The second kappa shape index (κ2) is 4.55. The number of nitrogens with one attached hydrogen (secondary N) is 1. The van der Waals surface area contributed by atoms with E-state index in [2.05, 4.69) is 10.3 Å². The molecule has 1 atom stereocenters. The highest BCUT2D eigenvalue weighted by atomic mass is 16.2. The maximum Gasteiger partial charge on any atom is 0.317 e. The summed E-state index contributed by atoms with van der Waals surface area (Å²) in [5.41, 5.74) is 11.5. The van der Waals surface area contributed by atoms with Crippen LogP contribution >= 0.6 is 0 Å². The molecule has 8 heteroatoms. The summed E-state index contributed by atoms with van der Waals surface area (Å²) in [4.78, 5) is 31.0. The zero-order valence-electron chi connectivity index (χ0n) is 10.9. The Morgan fingerprint density at radius 2 is 2.25 bits per heavy atom. The van der Waals surface area contributed by atoms with Crippen molar-refractivity contribution in [2.75, 3.05) is 36.8 Å². The van der Waals surface area contributed by atoms with Gasteiger partial charge in [-0.15, -0.1) is 0 Å². The molecular weight excluding hydrogens is 260 g/mol. The number of aromatic nitrogens is 1. The lowest BCUT2D eigenvalue weighted by atomic mass is 10.1. The molecule has 0 aliphatic carbocycles. The highest BCUT2D eigenvalue weighted by Gasteiger charge is 2.35. The lowest BCUT2D eigenvalue weighted by Gasteiger charge is -2.37. The maximum atomic E-state index is 11.5. The lowest BCUT2D eigenvalue weighted by Crippen LogP contribution is -2.52. The minimum atomic E-state index is -0.567. The Morgan fingerprint density at radius 1 is 1.45 bits per heavy atom. The van der Waals surface area contributed by atoms with Gasteiger partial charge in [-0.1, -0.05) is 0 Å². The van der Waals surface area contributed by atoms with Gasteiger partial charge in [-0.25, -0.2) is 9.78 Å². The molecule has 3 amide bonds. The Balaban J connectivity index is 1.82. The van der Waals surface area contributed by atoms with E-state index < -0.39 is 5.91 Å². The fourth-order valence-corrected chi connectivity index (χ4v) is 2.65. The zero-order valence-corrected chi connectivity index (χ0v) is 10.9. The number of primary amides is 1. The van der Waals surface area contributed by atoms with Gasteiger partial charge >= 0.3 is 6.03 Å². The summed E-state index contributed by atoms with van der Waals surface area (Å²) in [7, 11) is 0. The number of hydrogen-bond acceptors (Lipinski definition) is 5. The van der Waals surface area contributed by atoms with Gasteiger partial charge in [0.05, 0.1) is 23.5 Å². The number of nitrogens with zero attached hydrogens (tertiary/aromatic N) is 3. The van der Waals surface area contributed by atoms with Crippen molar-refractivity contribution >= 4 is 23.4 Å². The molecule has 3 heterocycles. The van der Waals surface area contributed by atoms with Crippen LogP contribution in [0.1, 0.15) is 10.4 Å². The molecule has 20 heavy (non-hydrogen) atoms. The molecule has 8 nitrogen and oxygen atoms in total. The van der Waals surface area contributed by atoms with E-state index in [1.807, 2.05) is 9.80 Å². The summed E-state index contributed by atoms with van der Waals surface area (Å²) in [6, 6.07) is 1.72. The van der Waals surface area contributed by atoms with E-state index >= 15 is 0 Å². The molecule has 3 rings (SSSR count). The summed E-state index contributed by atoms with van der Waals surface area (Å²) < 4.78 is 0. The quantitative estimate of drug-likeness (QED) is 0.639. The number of hydrogen-bond donors (Lipinski definition) is 3. The molecule has 1 aromatic rings. The molecule has 0 aromatic carbocycles. The van der Waals surface area contributed by atoms with Gasteiger partial charge in [0, 0.05) is 26.2 Å². The van der Waals surface area contributed by atoms with E-state index in [4.69, 9.17) is 11.5 Å². The number of carbonyl (C=O) groups is 2. The fourth-order valence-electron chi connectivity index (χ4n) is 2.65. The SMILES string of the molecule is NC(=O)c1cc(N2CCN3C(=O)NCC3C2)ncc1N. The number of urea groups is 1. The Morgan fingerprint density at radius 3 is 3.00 bits per heavy atom. The highest BCUT2D eigenvalue weighted by molar-refractivity contribution is 5.98. The van der Waals surface area contributed by atoms with Crippen molar-refractivity contribution in [2.45, 2.75) is 6.04 Å². The van der Waals surface area contributed by atoms with Crippen LogP contribution in [0.4, 0.5) is 16.3 Å². The maximum absolute atomic E-state index is 11.5. The number of nitrogens with two attached hydrogens (primary N) is 2. The standard InChI is InChI=1S/C12H16N6O2/c13-9-5-15-10(3-8(9)11(14)19)17-1-2-18-7(6-17)4-16-12(18)20/h3,5,7H,1-2,4,6,13H2,(H2,14,19)(H,16,20). The molecule has 2 fully saturated rings. The van der Waals surface area contributed by atoms with Crippen molar-refractivity contribution in [3.63, 3.8) is 0 Å². The van der Waals surface area contributed by atoms with Crippen molar-refractivity contribution in [2.24, 2.45) is 5.73 Å². The van der Waals surface area contributed by atoms with E-state index in [-0.39, 0.29) is 23.3 Å². The number of carbonyl (C=O) groups excluding carboxylic acids is 2. The van der Waals surface area contributed by atoms with Crippen LogP contribution in [0.2, 0.25) is 0 Å². The van der Waals surface area contributed by atoms with E-state index in [1.54, 1.807) is 6.07 Å². The summed E-state index contributed by atoms with van der Waals surface area (Å²) >= 11 is 0. The molecule has 0 bridgehead atoms. The van der Waals surface area contributed by atoms with Crippen LogP contribution in [-0.4, -0.2) is 54.0 Å². The Kier molecular flexibility index (Phi) is 2.85. The number of amides is 3. The van der Waals surface area contributed by atoms with Gasteiger partial charge in [0.2, 0.25) is 0 Å². The predicted molar refractivity (Wildman–Crippen MR) is 73.3 cm³/mol. The molecule has 0 saturated carbocycles. The number of fused-ring (bicyclic) bond motifs is 1. The van der Waals surface area contributed by atoms with E-state index in [9.17, 15) is 9.59 Å². The largest absolute Gasteiger partial charge is 0.397 e. The smallest absolute Gasteiger partial charge is 0.317 e. The molecule has 2 saturated heterocycles. The third-order valence-electron chi connectivity index (χ3n) is 3.74. The first-order valence-corrected chi connectivity index (χ1v) is 6.41. The summed E-state index contributed by atoms with van der Waals surface area (Å²) in [5, 5.41) is 2.82. The van der Waals surface area contributed by atoms with Gasteiger partial charge in [-0.3, -0.25) is 4.79 Å². The van der Waals surface area contributed by atoms with Crippen molar-refractivity contribution in [1.82, 2.24) is 15.2 Å². The number of piperazine rings is 1. The van der Waals surface area contributed by atoms with Gasteiger partial charge in [0.1, 0.15) is 5.82 Å². The Hall–Kier alpha value is -2.51. The van der Waals surface area contributed by atoms with Crippen LogP contribution in [0.15, 0.2) is 12.3 Å². The topological polar surface area (TPSA) is 118 Å². The van der Waals surface area contributed by atoms with Gasteiger partial charge in [0.25, 0.3) is 5.91 Å². The molecule has 106 valence electrons. The minimum absolute atomic E-state index is 0.0160. The van der Waals surface area contributed by atoms with Crippen molar-refractivity contribution in [3.8, 4) is 0 Å². The van der Waals surface area contributed by atoms with Crippen LogP contribution in [0.5, 0.6) is 0 Å². The van der Waals surface area contributed by atoms with Crippen LogP contribution in [0.25, 0.3) is 0 Å². The highest BCUT2D eigenvalue weighted by Crippen LogP contribution is 2.22. The first-order valence-electron chi connectivity index (χ1n) is 6.41. The average Bonchev–Trinajstić information content (AvgIpc) is 2.80. The van der Waals surface area contributed by atoms with Crippen molar-refractivity contribution < 1.29 is 9.59 Å². The second-order valence-corrected chi connectivity index (χ2v) is 4.97. The molecule has 0 radical (unpaired) electrons. The van der Waals surface area contributed by atoms with Crippen molar-refractivity contribution in [1.29, 1.82) is 0 Å². The number of anilines is 2. The summed E-state index contributed by atoms with van der Waals surface area (Å²) in [6.45, 7) is 2.61. The Labute approximate surface area is 115 Å². The molecule has 2 aliphatic rings. The third kappa shape index (κ3) is 1.98. The van der Waals surface area contributed by atoms with Crippen LogP contribution in [0, 0.1) is 0 Å². The number of rotatable bonds is 2. The minimum Gasteiger partial charge on any atom is -0.397 e. The van der Waals surface area contributed by atoms with Gasteiger partial charge in [-0.2, -0.15) is 0 Å². The first kappa shape index (κ1) is 12.5. The number of nitrogen functional groups attached to an aromatic ring is 1. The lowest BCUT2D eigenvalue weighted by molar-refractivity contribution is 0.100.